The highest BCUT2D eigenvalue weighted by Crippen LogP contribution is 2.32. The van der Waals surface area contributed by atoms with Gasteiger partial charge in [-0.25, -0.2) is 14.8 Å². The number of hydrazone groups is 1. The summed E-state index contributed by atoms with van der Waals surface area (Å²) in [6.07, 6.45) is -3.11. The van der Waals surface area contributed by atoms with Crippen LogP contribution in [0.25, 0.3) is 0 Å². The van der Waals surface area contributed by atoms with Crippen molar-refractivity contribution in [1.29, 1.82) is 0 Å². The van der Waals surface area contributed by atoms with Crippen molar-refractivity contribution in [2.24, 2.45) is 5.10 Å². The summed E-state index contributed by atoms with van der Waals surface area (Å²) in [6, 6.07) is 16.1. The number of ether oxygens (including phenoxy) is 2. The Labute approximate surface area is 225 Å². The molecule has 0 atom stereocenters. The molecule has 0 fully saturated rings. The van der Waals surface area contributed by atoms with E-state index < -0.39 is 17.6 Å². The lowest BCUT2D eigenvalue weighted by molar-refractivity contribution is -0.137. The first-order valence-electron chi connectivity index (χ1n) is 11.5. The van der Waals surface area contributed by atoms with Gasteiger partial charge in [-0.15, -0.1) is 11.3 Å². The number of alkyl halides is 3. The Morgan fingerprint density at radius 3 is 2.67 bits per heavy atom. The number of methoxy groups -OCH3 is 1. The number of benzene rings is 3. The largest absolute Gasteiger partial charge is 0.493 e. The fraction of sp³-hybridized carbons (Fsp3) is 0.148. The van der Waals surface area contributed by atoms with Crippen molar-refractivity contribution in [1.82, 2.24) is 10.4 Å². The van der Waals surface area contributed by atoms with E-state index in [1.807, 2.05) is 0 Å². The Bertz CT molecular complexity index is 1470. The molecule has 1 heterocycles. The van der Waals surface area contributed by atoms with Crippen molar-refractivity contribution in [2.45, 2.75) is 19.2 Å². The number of halogens is 4. The van der Waals surface area contributed by atoms with Gasteiger partial charge in [0.2, 0.25) is 5.91 Å². The van der Waals surface area contributed by atoms with Crippen molar-refractivity contribution in [3.63, 3.8) is 0 Å². The first kappa shape index (κ1) is 27.6. The van der Waals surface area contributed by atoms with Gasteiger partial charge in [-0.05, 0) is 48.0 Å². The van der Waals surface area contributed by atoms with Crippen LogP contribution in [0.1, 0.15) is 22.4 Å². The number of hydrogen-bond donors (Lipinski definition) is 2. The van der Waals surface area contributed by atoms with Crippen molar-refractivity contribution in [3.05, 3.63) is 100 Å². The molecule has 7 nitrogen and oxygen atoms in total. The van der Waals surface area contributed by atoms with Gasteiger partial charge in [0, 0.05) is 16.6 Å². The van der Waals surface area contributed by atoms with Gasteiger partial charge in [-0.1, -0.05) is 24.3 Å². The number of carbonyl (C=O) groups excluding carboxylic acids is 1. The van der Waals surface area contributed by atoms with E-state index in [0.717, 1.165) is 23.5 Å². The summed E-state index contributed by atoms with van der Waals surface area (Å²) in [6.45, 7) is 0.0281. The summed E-state index contributed by atoms with van der Waals surface area (Å²) in [4.78, 5) is 16.5. The number of aromatic nitrogens is 1. The summed E-state index contributed by atoms with van der Waals surface area (Å²) < 4.78 is 63.5. The Hall–Kier alpha value is -4.45. The Morgan fingerprint density at radius 2 is 1.90 bits per heavy atom. The van der Waals surface area contributed by atoms with Gasteiger partial charge in [0.1, 0.15) is 12.4 Å². The molecule has 1 aromatic heterocycles. The molecule has 0 radical (unpaired) electrons. The Morgan fingerprint density at radius 1 is 1.08 bits per heavy atom. The average molecular weight is 559 g/mol. The van der Waals surface area contributed by atoms with Crippen LogP contribution in [0.4, 0.5) is 28.4 Å². The van der Waals surface area contributed by atoms with Gasteiger partial charge in [0.05, 0.1) is 31.0 Å². The lowest BCUT2D eigenvalue weighted by atomic mass is 10.2. The van der Waals surface area contributed by atoms with Crippen molar-refractivity contribution < 1.29 is 31.8 Å². The quantitative estimate of drug-likeness (QED) is 0.135. The maximum atomic E-state index is 13.8. The standard InChI is InChI=1S/C27H22F4N4O3S/c1-37-24-11-17(9-10-23(24)38-15-18-5-2-3-8-22(18)28)14-32-35-25(36)13-21-16-39-26(34-21)33-20-7-4-6-19(12-20)27(29,30)31/h2-12,14,16H,13,15H2,1H3,(H,33,34)(H,35,36)/b32-14-. The molecule has 12 heteroatoms. The lowest BCUT2D eigenvalue weighted by Gasteiger charge is -2.11. The summed E-state index contributed by atoms with van der Waals surface area (Å²) in [7, 11) is 1.47. The fourth-order valence-corrected chi connectivity index (χ4v) is 4.11. The van der Waals surface area contributed by atoms with Crippen LogP contribution >= 0.6 is 11.3 Å². The summed E-state index contributed by atoms with van der Waals surface area (Å²) in [5.41, 5.74) is 3.32. The molecule has 0 bridgehead atoms. The number of thiazole rings is 1. The third-order valence-corrected chi connectivity index (χ3v) is 6.07. The molecule has 0 unspecified atom stereocenters. The minimum atomic E-state index is -4.45. The van der Waals surface area contributed by atoms with Gasteiger partial charge < -0.3 is 14.8 Å². The number of rotatable bonds is 10. The molecule has 39 heavy (non-hydrogen) atoms. The number of anilines is 2. The van der Waals surface area contributed by atoms with Crippen LogP contribution in [0.3, 0.4) is 0 Å². The maximum Gasteiger partial charge on any atom is 0.416 e. The Kier molecular flexibility index (Phi) is 8.77. The van der Waals surface area contributed by atoms with E-state index in [-0.39, 0.29) is 24.5 Å². The smallest absolute Gasteiger partial charge is 0.416 e. The number of nitrogens with one attached hydrogen (secondary N) is 2. The fourth-order valence-electron chi connectivity index (χ4n) is 3.38. The molecule has 0 spiro atoms. The summed E-state index contributed by atoms with van der Waals surface area (Å²) >= 11 is 1.16. The molecule has 0 saturated carbocycles. The molecule has 1 amide bonds. The highest BCUT2D eigenvalue weighted by Gasteiger charge is 2.30. The van der Waals surface area contributed by atoms with Crippen LogP contribution in [0.2, 0.25) is 0 Å². The van der Waals surface area contributed by atoms with Gasteiger partial charge >= 0.3 is 6.18 Å². The first-order chi connectivity index (χ1) is 18.7. The molecule has 202 valence electrons. The molecule has 4 aromatic rings. The highest BCUT2D eigenvalue weighted by molar-refractivity contribution is 7.13. The third kappa shape index (κ3) is 7.77. The summed E-state index contributed by atoms with van der Waals surface area (Å²) in [5.74, 6) is 0.0284. The SMILES string of the molecule is COc1cc(/C=N\NC(=O)Cc2csc(Nc3cccc(C(F)(F)F)c3)n2)ccc1OCc1ccccc1F. The minimum absolute atomic E-state index is 0.0281. The normalized spacial score (nSPS) is 11.4. The van der Waals surface area contributed by atoms with E-state index in [1.165, 1.54) is 31.5 Å². The first-order valence-corrected chi connectivity index (χ1v) is 12.3. The number of carbonyl (C=O) groups is 1. The molecular formula is C27H22F4N4O3S. The van der Waals surface area contributed by atoms with Crippen molar-refractivity contribution in [2.75, 3.05) is 12.4 Å². The minimum Gasteiger partial charge on any atom is -0.493 e. The molecule has 0 aliphatic carbocycles. The molecule has 3 aromatic carbocycles. The van der Waals surface area contributed by atoms with E-state index in [0.29, 0.717) is 33.5 Å². The zero-order valence-electron chi connectivity index (χ0n) is 20.5. The molecule has 0 aliphatic heterocycles. The second-order valence-electron chi connectivity index (χ2n) is 8.11. The van der Waals surface area contributed by atoms with Crippen LogP contribution in [-0.4, -0.2) is 24.2 Å². The average Bonchev–Trinajstić information content (AvgIpc) is 3.34. The predicted molar refractivity (Wildman–Crippen MR) is 140 cm³/mol. The van der Waals surface area contributed by atoms with Crippen LogP contribution < -0.4 is 20.2 Å². The molecular weight excluding hydrogens is 536 g/mol. The summed E-state index contributed by atoms with van der Waals surface area (Å²) in [5, 5.41) is 8.74. The predicted octanol–water partition coefficient (Wildman–Crippen LogP) is 6.33. The molecule has 0 saturated heterocycles. The lowest BCUT2D eigenvalue weighted by Crippen LogP contribution is -2.19. The van der Waals surface area contributed by atoms with E-state index in [4.69, 9.17) is 9.47 Å². The molecule has 0 aliphatic rings. The second kappa shape index (κ2) is 12.4. The van der Waals surface area contributed by atoms with E-state index in [9.17, 15) is 22.4 Å². The van der Waals surface area contributed by atoms with E-state index in [2.05, 4.69) is 20.8 Å². The monoisotopic (exact) mass is 558 g/mol. The zero-order chi connectivity index (χ0) is 27.8. The van der Waals surface area contributed by atoms with Crippen LogP contribution in [0.5, 0.6) is 11.5 Å². The van der Waals surface area contributed by atoms with Crippen LogP contribution in [0, 0.1) is 5.82 Å². The van der Waals surface area contributed by atoms with E-state index >= 15 is 0 Å². The van der Waals surface area contributed by atoms with Gasteiger partial charge in [0.15, 0.2) is 16.6 Å². The second-order valence-corrected chi connectivity index (χ2v) is 8.97. The van der Waals surface area contributed by atoms with Crippen LogP contribution in [0.15, 0.2) is 77.2 Å². The zero-order valence-corrected chi connectivity index (χ0v) is 21.3. The van der Waals surface area contributed by atoms with Gasteiger partial charge in [0.25, 0.3) is 0 Å². The topological polar surface area (TPSA) is 84.8 Å². The van der Waals surface area contributed by atoms with Crippen LogP contribution in [-0.2, 0) is 24.0 Å². The number of hydrogen-bond acceptors (Lipinski definition) is 7. The molecule has 4 rings (SSSR count). The highest BCUT2D eigenvalue weighted by atomic mass is 32.1. The third-order valence-electron chi connectivity index (χ3n) is 5.27. The van der Waals surface area contributed by atoms with Crippen molar-refractivity contribution in [3.8, 4) is 11.5 Å². The van der Waals surface area contributed by atoms with Gasteiger partial charge in [-0.3, -0.25) is 4.79 Å². The molecule has 2 N–H and O–H groups in total. The van der Waals surface area contributed by atoms with E-state index in [1.54, 1.807) is 41.8 Å². The maximum absolute atomic E-state index is 13.8. The number of amides is 1. The number of nitrogens with zero attached hydrogens (tertiary/aromatic N) is 2. The van der Waals surface area contributed by atoms with Gasteiger partial charge in [-0.2, -0.15) is 18.3 Å². The Balaban J connectivity index is 1.29. The van der Waals surface area contributed by atoms with Crippen molar-refractivity contribution >= 4 is 34.3 Å².